The highest BCUT2D eigenvalue weighted by Gasteiger charge is 2.41. The molecule has 8 nitrogen and oxygen atoms in total. The zero-order valence-corrected chi connectivity index (χ0v) is 18.1. The molecule has 1 aliphatic heterocycles. The number of nitrogens with zero attached hydrogens (tertiary/aromatic N) is 2. The van der Waals surface area contributed by atoms with Gasteiger partial charge < -0.3 is 14.2 Å². The van der Waals surface area contributed by atoms with Crippen molar-refractivity contribution in [2.24, 2.45) is 5.10 Å². The van der Waals surface area contributed by atoms with E-state index in [1.54, 1.807) is 42.7 Å². The monoisotopic (exact) mass is 454 g/mol. The van der Waals surface area contributed by atoms with Crippen molar-refractivity contribution in [3.8, 4) is 0 Å². The van der Waals surface area contributed by atoms with Crippen LogP contribution < -0.4 is 10.7 Å². The molecule has 0 aliphatic carbocycles. The number of anilines is 1. The molecule has 34 heavy (non-hydrogen) atoms. The van der Waals surface area contributed by atoms with Crippen molar-refractivity contribution in [3.05, 3.63) is 114 Å². The maximum absolute atomic E-state index is 13.7. The number of para-hydroxylation sites is 1. The molecular weight excluding hydrogens is 432 g/mol. The minimum Gasteiger partial charge on any atom is -0.465 e. The van der Waals surface area contributed by atoms with Gasteiger partial charge in [-0.25, -0.2) is 5.43 Å². The van der Waals surface area contributed by atoms with Gasteiger partial charge >= 0.3 is 0 Å². The highest BCUT2D eigenvalue weighted by atomic mass is 16.3. The van der Waals surface area contributed by atoms with Gasteiger partial charge in [-0.1, -0.05) is 42.5 Å². The van der Waals surface area contributed by atoms with E-state index in [1.165, 1.54) is 17.4 Å². The van der Waals surface area contributed by atoms with E-state index in [1.807, 2.05) is 42.5 Å². The Labute approximate surface area is 195 Å². The van der Waals surface area contributed by atoms with E-state index >= 15 is 0 Å². The Bertz CT molecular complexity index is 1280. The highest BCUT2D eigenvalue weighted by Crippen LogP contribution is 2.35. The fourth-order valence-corrected chi connectivity index (χ4v) is 4.00. The molecule has 2 unspecified atom stereocenters. The first-order valence-electron chi connectivity index (χ1n) is 10.8. The number of hydrazone groups is 1. The van der Waals surface area contributed by atoms with Crippen LogP contribution in [-0.4, -0.2) is 29.0 Å². The molecule has 2 amide bonds. The number of nitrogens with one attached hydrogen (secondary N) is 2. The van der Waals surface area contributed by atoms with Crippen LogP contribution in [0.3, 0.4) is 0 Å². The van der Waals surface area contributed by atoms with Crippen LogP contribution in [-0.2, 0) is 11.2 Å². The second-order valence-corrected chi connectivity index (χ2v) is 7.78. The van der Waals surface area contributed by atoms with Gasteiger partial charge in [0.25, 0.3) is 11.8 Å². The molecule has 4 aromatic rings. The fourth-order valence-electron chi connectivity index (χ4n) is 4.00. The van der Waals surface area contributed by atoms with Gasteiger partial charge in [0.05, 0.1) is 24.3 Å². The predicted molar refractivity (Wildman–Crippen MR) is 126 cm³/mol. The third kappa shape index (κ3) is 4.33. The van der Waals surface area contributed by atoms with Gasteiger partial charge in [-0.2, -0.15) is 5.10 Å². The third-order valence-corrected chi connectivity index (χ3v) is 5.60. The highest BCUT2D eigenvalue weighted by molar-refractivity contribution is 6.04. The number of carbonyl (C=O) groups is 2. The van der Waals surface area contributed by atoms with Gasteiger partial charge in [-0.05, 0) is 42.0 Å². The van der Waals surface area contributed by atoms with E-state index in [2.05, 4.69) is 15.8 Å². The molecule has 2 N–H and O–H groups in total. The van der Waals surface area contributed by atoms with Gasteiger partial charge in [0.15, 0.2) is 6.17 Å². The zero-order valence-electron chi connectivity index (χ0n) is 18.1. The Morgan fingerprint density at radius 3 is 2.53 bits per heavy atom. The number of amides is 2. The summed E-state index contributed by atoms with van der Waals surface area (Å²) >= 11 is 0. The molecule has 5 rings (SSSR count). The Morgan fingerprint density at radius 2 is 1.76 bits per heavy atom. The van der Waals surface area contributed by atoms with Crippen LogP contribution in [0.2, 0.25) is 0 Å². The van der Waals surface area contributed by atoms with Crippen molar-refractivity contribution in [3.63, 3.8) is 0 Å². The Morgan fingerprint density at radius 1 is 1.00 bits per heavy atom. The van der Waals surface area contributed by atoms with Crippen LogP contribution >= 0.6 is 0 Å². The molecule has 0 radical (unpaired) electrons. The fraction of sp³-hybridized carbons (Fsp3) is 0.115. The Hall–Kier alpha value is -4.59. The molecule has 0 spiro atoms. The van der Waals surface area contributed by atoms with Crippen molar-refractivity contribution < 1.29 is 18.4 Å². The molecule has 3 heterocycles. The number of hydrogen-bond acceptors (Lipinski definition) is 6. The first kappa shape index (κ1) is 21.3. The second kappa shape index (κ2) is 9.50. The summed E-state index contributed by atoms with van der Waals surface area (Å²) in [4.78, 5) is 28.7. The second-order valence-electron chi connectivity index (χ2n) is 7.78. The SMILES string of the molecule is O=C(N/N=C/c1ccco1)C(Cc1ccccc1)N1C(=O)c2ccccc2NC1c1ccco1. The zero-order chi connectivity index (χ0) is 23.3. The molecule has 170 valence electrons. The van der Waals surface area contributed by atoms with Crippen LogP contribution in [0.5, 0.6) is 0 Å². The van der Waals surface area contributed by atoms with Gasteiger partial charge in [0.1, 0.15) is 17.6 Å². The standard InChI is InChI=1S/C26H22N4O4/c31-25(29-27-17-19-10-6-14-33-19)22(16-18-8-2-1-3-9-18)30-24(23-13-7-15-34-23)28-21-12-5-4-11-20(21)26(30)32/h1-15,17,22,24,28H,16H2,(H,29,31)/b27-17+. The lowest BCUT2D eigenvalue weighted by Crippen LogP contribution is -2.54. The van der Waals surface area contributed by atoms with Crippen molar-refractivity contribution in [1.82, 2.24) is 10.3 Å². The van der Waals surface area contributed by atoms with Gasteiger partial charge in [-0.15, -0.1) is 0 Å². The van der Waals surface area contributed by atoms with Crippen LogP contribution in [0.25, 0.3) is 0 Å². The number of fused-ring (bicyclic) bond motifs is 1. The van der Waals surface area contributed by atoms with E-state index in [0.717, 1.165) is 5.56 Å². The Balaban J connectivity index is 1.52. The topological polar surface area (TPSA) is 100 Å². The van der Waals surface area contributed by atoms with E-state index in [4.69, 9.17) is 8.83 Å². The summed E-state index contributed by atoms with van der Waals surface area (Å²) in [6.07, 6.45) is 4.08. The average molecular weight is 454 g/mol. The number of furan rings is 2. The largest absolute Gasteiger partial charge is 0.465 e. The number of benzene rings is 2. The summed E-state index contributed by atoms with van der Waals surface area (Å²) < 4.78 is 10.9. The first-order valence-corrected chi connectivity index (χ1v) is 10.8. The lowest BCUT2D eigenvalue weighted by atomic mass is 9.99. The van der Waals surface area contributed by atoms with Gasteiger partial charge in [0.2, 0.25) is 0 Å². The minimum absolute atomic E-state index is 0.276. The maximum Gasteiger partial charge on any atom is 0.263 e. The summed E-state index contributed by atoms with van der Waals surface area (Å²) in [6.45, 7) is 0. The molecule has 2 aromatic carbocycles. The summed E-state index contributed by atoms with van der Waals surface area (Å²) in [5, 5.41) is 7.39. The maximum atomic E-state index is 13.7. The predicted octanol–water partition coefficient (Wildman–Crippen LogP) is 4.20. The van der Waals surface area contributed by atoms with Crippen molar-refractivity contribution in [2.75, 3.05) is 5.32 Å². The van der Waals surface area contributed by atoms with Crippen LogP contribution in [0.1, 0.15) is 33.6 Å². The van der Waals surface area contributed by atoms with Crippen LogP contribution in [0.4, 0.5) is 5.69 Å². The van der Waals surface area contributed by atoms with Gasteiger partial charge in [-0.3, -0.25) is 14.5 Å². The molecule has 2 atom stereocenters. The van der Waals surface area contributed by atoms with E-state index < -0.39 is 18.1 Å². The summed E-state index contributed by atoms with van der Waals surface area (Å²) in [5.41, 5.74) is 4.63. The van der Waals surface area contributed by atoms with Crippen molar-refractivity contribution in [1.29, 1.82) is 0 Å². The summed E-state index contributed by atoms with van der Waals surface area (Å²) in [5.74, 6) is 0.311. The van der Waals surface area contributed by atoms with E-state index in [0.29, 0.717) is 22.8 Å². The third-order valence-electron chi connectivity index (χ3n) is 5.60. The summed E-state index contributed by atoms with van der Waals surface area (Å²) in [6, 6.07) is 22.9. The van der Waals surface area contributed by atoms with Gasteiger partial charge in [0, 0.05) is 12.1 Å². The molecule has 0 saturated heterocycles. The molecule has 0 fully saturated rings. The molecule has 8 heteroatoms. The minimum atomic E-state index is -0.875. The molecule has 0 saturated carbocycles. The quantitative estimate of drug-likeness (QED) is 0.322. The Kier molecular flexibility index (Phi) is 5.94. The number of carbonyl (C=O) groups excluding carboxylic acids is 2. The lowest BCUT2D eigenvalue weighted by Gasteiger charge is -2.40. The lowest BCUT2D eigenvalue weighted by molar-refractivity contribution is -0.126. The molecule has 0 bridgehead atoms. The van der Waals surface area contributed by atoms with Crippen molar-refractivity contribution >= 4 is 23.7 Å². The van der Waals surface area contributed by atoms with Crippen molar-refractivity contribution in [2.45, 2.75) is 18.6 Å². The van der Waals surface area contributed by atoms with E-state index in [9.17, 15) is 9.59 Å². The van der Waals surface area contributed by atoms with Crippen LogP contribution in [0.15, 0.2) is 105 Å². The number of rotatable bonds is 7. The number of hydrogen-bond donors (Lipinski definition) is 2. The van der Waals surface area contributed by atoms with Crippen LogP contribution in [0, 0.1) is 0 Å². The molecule has 2 aromatic heterocycles. The molecular formula is C26H22N4O4. The average Bonchev–Trinajstić information content (AvgIpc) is 3.58. The smallest absolute Gasteiger partial charge is 0.263 e. The first-order chi connectivity index (χ1) is 16.7. The molecule has 1 aliphatic rings. The normalized spacial score (nSPS) is 16.2. The van der Waals surface area contributed by atoms with E-state index in [-0.39, 0.29) is 12.3 Å². The summed E-state index contributed by atoms with van der Waals surface area (Å²) in [7, 11) is 0.